The summed E-state index contributed by atoms with van der Waals surface area (Å²) in [6.45, 7) is 1.85. The summed E-state index contributed by atoms with van der Waals surface area (Å²) in [5, 5.41) is 5.91. The van der Waals surface area contributed by atoms with Gasteiger partial charge in [0.15, 0.2) is 0 Å². The Labute approximate surface area is 217 Å². The van der Waals surface area contributed by atoms with Crippen molar-refractivity contribution in [3.8, 4) is 11.5 Å². The fraction of sp³-hybridized carbons (Fsp3) is 0.115. The normalized spacial score (nSPS) is 13.2. The fourth-order valence-corrected chi connectivity index (χ4v) is 3.99. The predicted octanol–water partition coefficient (Wildman–Crippen LogP) is 5.35. The highest BCUT2D eigenvalue weighted by atomic mass is 35.5. The molecule has 3 aromatic carbocycles. The van der Waals surface area contributed by atoms with Gasteiger partial charge >= 0.3 is 0 Å². The molecule has 0 saturated heterocycles. The Kier molecular flexibility index (Phi) is 7.19. The highest BCUT2D eigenvalue weighted by Crippen LogP contribution is 2.37. The second-order valence-electron chi connectivity index (χ2n) is 7.79. The maximum Gasteiger partial charge on any atom is 0.283 e. The smallest absolute Gasteiger partial charge is 0.283 e. The van der Waals surface area contributed by atoms with Gasteiger partial charge in [-0.05, 0) is 55.0 Å². The van der Waals surface area contributed by atoms with Crippen LogP contribution in [0.5, 0.6) is 11.5 Å². The number of imide groups is 1. The fourth-order valence-electron chi connectivity index (χ4n) is 3.61. The summed E-state index contributed by atoms with van der Waals surface area (Å²) in [6, 6.07) is 16.3. The number of rotatable bonds is 7. The summed E-state index contributed by atoms with van der Waals surface area (Å²) in [7, 11) is 2.91. The van der Waals surface area contributed by atoms with Crippen molar-refractivity contribution in [2.75, 3.05) is 29.8 Å². The van der Waals surface area contributed by atoms with Gasteiger partial charge in [-0.3, -0.25) is 14.4 Å². The Bertz CT molecular complexity index is 1420. The van der Waals surface area contributed by atoms with E-state index in [2.05, 4.69) is 10.6 Å². The van der Waals surface area contributed by atoms with Gasteiger partial charge in [0.1, 0.15) is 22.2 Å². The minimum absolute atomic E-state index is 0.122. The summed E-state index contributed by atoms with van der Waals surface area (Å²) in [5.41, 5.74) is 2.24. The first-order chi connectivity index (χ1) is 17.2. The average Bonchev–Trinajstić information content (AvgIpc) is 3.08. The molecule has 0 aliphatic carbocycles. The highest BCUT2D eigenvalue weighted by molar-refractivity contribution is 6.53. The third kappa shape index (κ3) is 4.86. The second-order valence-corrected chi connectivity index (χ2v) is 8.61. The molecule has 1 heterocycles. The molecule has 1 aliphatic heterocycles. The van der Waals surface area contributed by atoms with Gasteiger partial charge in [-0.25, -0.2) is 4.90 Å². The van der Waals surface area contributed by atoms with Crippen molar-refractivity contribution in [2.24, 2.45) is 0 Å². The molecule has 0 radical (unpaired) electrons. The third-order valence-electron chi connectivity index (χ3n) is 5.50. The van der Waals surface area contributed by atoms with E-state index >= 15 is 0 Å². The molecule has 1 aliphatic rings. The summed E-state index contributed by atoms with van der Waals surface area (Å²) in [6.07, 6.45) is 0. The highest BCUT2D eigenvalue weighted by Gasteiger charge is 2.40. The number of carbonyl (C=O) groups excluding carboxylic acids is 3. The maximum absolute atomic E-state index is 13.2. The van der Waals surface area contributed by atoms with E-state index in [1.807, 2.05) is 6.92 Å². The lowest BCUT2D eigenvalue weighted by Gasteiger charge is -2.18. The van der Waals surface area contributed by atoms with Crippen LogP contribution in [0, 0.1) is 6.92 Å². The average molecular weight is 526 g/mol. The Balaban J connectivity index is 1.57. The number of benzene rings is 3. The molecule has 0 atom stereocenters. The van der Waals surface area contributed by atoms with Gasteiger partial charge in [0.05, 0.1) is 19.9 Å². The number of nitrogens with zero attached hydrogens (tertiary/aromatic N) is 1. The van der Waals surface area contributed by atoms with Crippen LogP contribution in [-0.4, -0.2) is 31.9 Å². The molecular weight excluding hydrogens is 505 g/mol. The van der Waals surface area contributed by atoms with Gasteiger partial charge in [-0.2, -0.15) is 0 Å². The minimum atomic E-state index is -0.710. The lowest BCUT2D eigenvalue weighted by molar-refractivity contribution is -0.120. The van der Waals surface area contributed by atoms with Crippen LogP contribution in [-0.2, 0) is 9.59 Å². The van der Waals surface area contributed by atoms with Crippen molar-refractivity contribution in [2.45, 2.75) is 6.92 Å². The molecule has 3 aromatic rings. The molecule has 8 nitrogen and oxygen atoms in total. The van der Waals surface area contributed by atoms with Crippen LogP contribution in [0.2, 0.25) is 5.02 Å². The number of methoxy groups -OCH3 is 2. The summed E-state index contributed by atoms with van der Waals surface area (Å²) in [5.74, 6) is -0.995. The van der Waals surface area contributed by atoms with E-state index < -0.39 is 11.8 Å². The monoisotopic (exact) mass is 525 g/mol. The van der Waals surface area contributed by atoms with Crippen molar-refractivity contribution < 1.29 is 23.9 Å². The molecule has 184 valence electrons. The van der Waals surface area contributed by atoms with Crippen molar-refractivity contribution in [1.82, 2.24) is 0 Å². The Morgan fingerprint density at radius 1 is 0.917 bits per heavy atom. The van der Waals surface area contributed by atoms with Gasteiger partial charge in [0, 0.05) is 28.0 Å². The molecule has 10 heteroatoms. The van der Waals surface area contributed by atoms with Crippen molar-refractivity contribution in [3.05, 3.63) is 87.5 Å². The van der Waals surface area contributed by atoms with Crippen molar-refractivity contribution >= 4 is 58.0 Å². The lowest BCUT2D eigenvalue weighted by atomic mass is 10.1. The number of nitrogens with one attached hydrogen (secondary N) is 2. The molecule has 3 amide bonds. The van der Waals surface area contributed by atoms with Crippen molar-refractivity contribution in [1.29, 1.82) is 0 Å². The summed E-state index contributed by atoms with van der Waals surface area (Å²) in [4.78, 5) is 39.8. The number of anilines is 3. The van der Waals surface area contributed by atoms with E-state index in [4.69, 9.17) is 32.7 Å². The Hall–Kier alpha value is -4.01. The molecular formula is C26H21Cl2N3O5. The molecule has 4 rings (SSSR count). The van der Waals surface area contributed by atoms with E-state index in [1.165, 1.54) is 20.3 Å². The third-order valence-corrected chi connectivity index (χ3v) is 6.08. The standard InChI is InChI=1S/C26H21Cl2N3O5/c1-14-7-8-16(27)12-19(14)30-24(32)15-5-4-6-17(11-15)29-23-22(28)25(33)31(26(23)34)20-10-9-18(35-2)13-21(20)36-3/h4-13,29H,1-3H3,(H,30,32). The number of halogens is 2. The van der Waals surface area contributed by atoms with Crippen LogP contribution in [0.1, 0.15) is 15.9 Å². The van der Waals surface area contributed by atoms with Crippen LogP contribution in [0.4, 0.5) is 17.1 Å². The summed E-state index contributed by atoms with van der Waals surface area (Å²) < 4.78 is 10.5. The molecule has 0 unspecified atom stereocenters. The first kappa shape index (κ1) is 25.1. The zero-order valence-corrected chi connectivity index (χ0v) is 21.0. The van der Waals surface area contributed by atoms with Gasteiger partial charge in [-0.1, -0.05) is 35.3 Å². The van der Waals surface area contributed by atoms with Gasteiger partial charge < -0.3 is 20.1 Å². The molecule has 2 N–H and O–H groups in total. The molecule has 0 fully saturated rings. The van der Waals surface area contributed by atoms with Crippen LogP contribution in [0.15, 0.2) is 71.4 Å². The Morgan fingerprint density at radius 2 is 1.69 bits per heavy atom. The van der Waals surface area contributed by atoms with E-state index in [1.54, 1.807) is 54.6 Å². The first-order valence-electron chi connectivity index (χ1n) is 10.7. The lowest BCUT2D eigenvalue weighted by Crippen LogP contribution is -2.32. The molecule has 0 spiro atoms. The molecule has 36 heavy (non-hydrogen) atoms. The van der Waals surface area contributed by atoms with Crippen LogP contribution >= 0.6 is 23.2 Å². The van der Waals surface area contributed by atoms with E-state index in [0.29, 0.717) is 27.7 Å². The zero-order valence-electron chi connectivity index (χ0n) is 19.5. The number of hydrogen-bond acceptors (Lipinski definition) is 6. The van der Waals surface area contributed by atoms with Gasteiger partial charge in [0.2, 0.25) is 0 Å². The van der Waals surface area contributed by atoms with E-state index in [9.17, 15) is 14.4 Å². The largest absolute Gasteiger partial charge is 0.497 e. The predicted molar refractivity (Wildman–Crippen MR) is 139 cm³/mol. The number of amides is 3. The Morgan fingerprint density at radius 3 is 2.42 bits per heavy atom. The number of carbonyl (C=O) groups is 3. The minimum Gasteiger partial charge on any atom is -0.497 e. The van der Waals surface area contributed by atoms with Crippen LogP contribution < -0.4 is 25.0 Å². The maximum atomic E-state index is 13.2. The van der Waals surface area contributed by atoms with E-state index in [-0.39, 0.29) is 28.1 Å². The summed E-state index contributed by atoms with van der Waals surface area (Å²) >= 11 is 12.3. The van der Waals surface area contributed by atoms with Gasteiger partial charge in [0.25, 0.3) is 17.7 Å². The van der Waals surface area contributed by atoms with Gasteiger partial charge in [-0.15, -0.1) is 0 Å². The van der Waals surface area contributed by atoms with E-state index in [0.717, 1.165) is 10.5 Å². The molecule has 0 aromatic heterocycles. The van der Waals surface area contributed by atoms with Crippen molar-refractivity contribution in [3.63, 3.8) is 0 Å². The van der Waals surface area contributed by atoms with Crippen LogP contribution in [0.25, 0.3) is 0 Å². The van der Waals surface area contributed by atoms with Crippen LogP contribution in [0.3, 0.4) is 0 Å². The number of ether oxygens (including phenoxy) is 2. The number of hydrogen-bond donors (Lipinski definition) is 2. The molecule has 0 bridgehead atoms. The quantitative estimate of drug-likeness (QED) is 0.403. The topological polar surface area (TPSA) is 97.0 Å². The first-order valence-corrected chi connectivity index (χ1v) is 11.4. The zero-order chi connectivity index (χ0) is 26.0. The number of aryl methyl sites for hydroxylation is 1. The SMILES string of the molecule is COc1ccc(N2C(=O)C(Cl)=C(Nc3cccc(C(=O)Nc4cc(Cl)ccc4C)c3)C2=O)c(OC)c1. The second kappa shape index (κ2) is 10.3. The molecule has 0 saturated carbocycles.